The van der Waals surface area contributed by atoms with E-state index in [0.29, 0.717) is 5.82 Å². The van der Waals surface area contributed by atoms with Crippen molar-refractivity contribution in [2.24, 2.45) is 7.05 Å². The summed E-state index contributed by atoms with van der Waals surface area (Å²) in [6.07, 6.45) is 4.50. The minimum atomic E-state index is -0.550. The Labute approximate surface area is 117 Å². The fourth-order valence-electron chi connectivity index (χ4n) is 1.73. The molecule has 0 fully saturated rings. The second-order valence-electron chi connectivity index (χ2n) is 5.42. The van der Waals surface area contributed by atoms with Crippen molar-refractivity contribution >= 4 is 11.9 Å². The first-order valence-electron chi connectivity index (χ1n) is 6.28. The van der Waals surface area contributed by atoms with Crippen molar-refractivity contribution in [1.29, 1.82) is 0 Å². The minimum absolute atomic E-state index is 0.449. The molecule has 2 heterocycles. The molecule has 1 amide bonds. The zero-order valence-electron chi connectivity index (χ0n) is 12.0. The largest absolute Gasteiger partial charge is 0.444 e. The maximum atomic E-state index is 11.8. The summed E-state index contributed by atoms with van der Waals surface area (Å²) in [5.74, 6) is 0.449. The van der Waals surface area contributed by atoms with Gasteiger partial charge < -0.3 is 9.30 Å². The maximum Gasteiger partial charge on any atom is 0.413 e. The van der Waals surface area contributed by atoms with Crippen molar-refractivity contribution < 1.29 is 9.53 Å². The van der Waals surface area contributed by atoms with Gasteiger partial charge in [0.25, 0.3) is 0 Å². The molecule has 0 aliphatic heterocycles. The number of carbonyl (C=O) groups is 1. The number of nitrogens with zero attached hydrogens (tertiary/aromatic N) is 3. The van der Waals surface area contributed by atoms with Gasteiger partial charge in [-0.2, -0.15) is 0 Å². The third kappa shape index (κ3) is 3.34. The number of aryl methyl sites for hydroxylation is 1. The molecule has 0 aliphatic carbocycles. The highest BCUT2D eigenvalue weighted by molar-refractivity contribution is 5.89. The van der Waals surface area contributed by atoms with E-state index in [2.05, 4.69) is 15.3 Å². The molecule has 0 aromatic carbocycles. The number of hydrogen-bond acceptors (Lipinski definition) is 4. The molecule has 0 spiro atoms. The van der Waals surface area contributed by atoms with E-state index in [4.69, 9.17) is 4.74 Å². The van der Waals surface area contributed by atoms with Crippen LogP contribution in [0.5, 0.6) is 0 Å². The number of nitrogens with one attached hydrogen (secondary N) is 1. The molecule has 0 atom stereocenters. The van der Waals surface area contributed by atoms with Crippen LogP contribution in [0.25, 0.3) is 11.3 Å². The number of hydrogen-bond donors (Lipinski definition) is 1. The van der Waals surface area contributed by atoms with Crippen molar-refractivity contribution in [3.8, 4) is 11.3 Å². The van der Waals surface area contributed by atoms with Gasteiger partial charge in [0.2, 0.25) is 0 Å². The van der Waals surface area contributed by atoms with Gasteiger partial charge in [0.1, 0.15) is 11.4 Å². The van der Waals surface area contributed by atoms with Gasteiger partial charge in [-0.25, -0.2) is 14.8 Å². The van der Waals surface area contributed by atoms with E-state index < -0.39 is 11.7 Å². The Morgan fingerprint density at radius 2 is 2.15 bits per heavy atom. The second kappa shape index (κ2) is 5.32. The lowest BCUT2D eigenvalue weighted by atomic mass is 10.2. The summed E-state index contributed by atoms with van der Waals surface area (Å²) in [5, 5.41) is 2.67. The summed E-state index contributed by atoms with van der Waals surface area (Å²) < 4.78 is 7.09. The molecular formula is C14H18N4O2. The molecule has 106 valence electrons. The Kier molecular flexibility index (Phi) is 3.74. The number of ether oxygens (including phenoxy) is 1. The molecule has 0 bridgehead atoms. The Morgan fingerprint density at radius 1 is 1.40 bits per heavy atom. The normalized spacial score (nSPS) is 11.2. The first-order chi connectivity index (χ1) is 9.37. The van der Waals surface area contributed by atoms with Crippen molar-refractivity contribution in [2.45, 2.75) is 26.4 Å². The van der Waals surface area contributed by atoms with Crippen molar-refractivity contribution in [1.82, 2.24) is 14.5 Å². The fourth-order valence-corrected chi connectivity index (χ4v) is 1.73. The van der Waals surface area contributed by atoms with Gasteiger partial charge in [0.15, 0.2) is 0 Å². The van der Waals surface area contributed by atoms with Crippen LogP contribution >= 0.6 is 0 Å². The predicted molar refractivity (Wildman–Crippen MR) is 76.3 cm³/mol. The summed E-state index contributed by atoms with van der Waals surface area (Å²) in [6, 6.07) is 3.68. The van der Waals surface area contributed by atoms with Gasteiger partial charge in [-0.1, -0.05) is 0 Å². The minimum Gasteiger partial charge on any atom is -0.444 e. The number of anilines is 1. The van der Waals surface area contributed by atoms with Crippen LogP contribution in [0, 0.1) is 0 Å². The molecular weight excluding hydrogens is 256 g/mol. The lowest BCUT2D eigenvalue weighted by Gasteiger charge is -2.20. The van der Waals surface area contributed by atoms with Gasteiger partial charge >= 0.3 is 6.09 Å². The molecule has 1 N–H and O–H groups in total. The Hall–Kier alpha value is -2.37. The Morgan fingerprint density at radius 3 is 2.75 bits per heavy atom. The van der Waals surface area contributed by atoms with Crippen molar-refractivity contribution in [3.63, 3.8) is 0 Å². The molecule has 0 aliphatic rings. The van der Waals surface area contributed by atoms with Gasteiger partial charge in [-0.05, 0) is 32.9 Å². The van der Waals surface area contributed by atoms with Gasteiger partial charge in [-0.3, -0.25) is 5.32 Å². The van der Waals surface area contributed by atoms with E-state index in [1.165, 1.54) is 0 Å². The molecule has 2 aromatic heterocycles. The molecule has 0 saturated carbocycles. The first-order valence-corrected chi connectivity index (χ1v) is 6.28. The highest BCUT2D eigenvalue weighted by Crippen LogP contribution is 2.25. The summed E-state index contributed by atoms with van der Waals surface area (Å²) >= 11 is 0. The molecule has 6 nitrogen and oxygen atoms in total. The molecule has 6 heteroatoms. The molecule has 0 unspecified atom stereocenters. The average Bonchev–Trinajstić information content (AvgIpc) is 2.73. The monoisotopic (exact) mass is 274 g/mol. The Bertz CT molecular complexity index is 614. The highest BCUT2D eigenvalue weighted by atomic mass is 16.6. The van der Waals surface area contributed by atoms with Crippen LogP contribution in [0.1, 0.15) is 20.8 Å². The van der Waals surface area contributed by atoms with Gasteiger partial charge in [0.05, 0.1) is 18.2 Å². The third-order valence-electron chi connectivity index (χ3n) is 2.52. The fraction of sp³-hybridized carbons (Fsp3) is 0.357. The van der Waals surface area contributed by atoms with E-state index >= 15 is 0 Å². The topological polar surface area (TPSA) is 69.0 Å². The number of pyridine rings is 1. The SMILES string of the molecule is Cn1cncc1-c1cccnc1NC(=O)OC(C)(C)C. The van der Waals surface area contributed by atoms with Crippen molar-refractivity contribution in [2.75, 3.05) is 5.32 Å². The van der Waals surface area contributed by atoms with E-state index in [1.54, 1.807) is 18.7 Å². The van der Waals surface area contributed by atoms with Crippen molar-refractivity contribution in [3.05, 3.63) is 30.9 Å². The van der Waals surface area contributed by atoms with Crippen LogP contribution in [-0.4, -0.2) is 26.2 Å². The zero-order valence-corrected chi connectivity index (χ0v) is 12.0. The van der Waals surface area contributed by atoms with E-state index in [0.717, 1.165) is 11.3 Å². The molecule has 2 rings (SSSR count). The second-order valence-corrected chi connectivity index (χ2v) is 5.42. The lowest BCUT2D eigenvalue weighted by Crippen LogP contribution is -2.27. The number of aromatic nitrogens is 3. The molecule has 2 aromatic rings. The van der Waals surface area contributed by atoms with E-state index in [1.807, 2.05) is 44.5 Å². The van der Waals surface area contributed by atoms with E-state index in [9.17, 15) is 4.79 Å². The smallest absolute Gasteiger partial charge is 0.413 e. The summed E-state index contributed by atoms with van der Waals surface area (Å²) in [5.41, 5.74) is 1.11. The standard InChI is InChI=1S/C14H18N4O2/c1-14(2,3)20-13(19)17-12-10(6-5-7-16-12)11-8-15-9-18(11)4/h5-9H,1-4H3,(H,16,17,19). The van der Waals surface area contributed by atoms with Gasteiger partial charge in [0, 0.05) is 18.8 Å². The molecule has 0 saturated heterocycles. The number of amides is 1. The highest BCUT2D eigenvalue weighted by Gasteiger charge is 2.18. The number of carbonyl (C=O) groups excluding carboxylic acids is 1. The summed E-state index contributed by atoms with van der Waals surface area (Å²) in [7, 11) is 1.88. The number of rotatable bonds is 2. The van der Waals surface area contributed by atoms with Crippen LogP contribution in [0.2, 0.25) is 0 Å². The molecule has 20 heavy (non-hydrogen) atoms. The Balaban J connectivity index is 2.26. The van der Waals surface area contributed by atoms with Crippen LogP contribution in [0.3, 0.4) is 0 Å². The zero-order chi connectivity index (χ0) is 14.8. The van der Waals surface area contributed by atoms with Crippen LogP contribution in [0.15, 0.2) is 30.9 Å². The van der Waals surface area contributed by atoms with Crippen LogP contribution in [-0.2, 0) is 11.8 Å². The van der Waals surface area contributed by atoms with Crippen LogP contribution in [0.4, 0.5) is 10.6 Å². The van der Waals surface area contributed by atoms with Gasteiger partial charge in [-0.15, -0.1) is 0 Å². The average molecular weight is 274 g/mol. The van der Waals surface area contributed by atoms with E-state index in [-0.39, 0.29) is 0 Å². The third-order valence-corrected chi connectivity index (χ3v) is 2.52. The first kappa shape index (κ1) is 14.0. The predicted octanol–water partition coefficient (Wildman–Crippen LogP) is 2.83. The lowest BCUT2D eigenvalue weighted by molar-refractivity contribution is 0.0635. The quantitative estimate of drug-likeness (QED) is 0.914. The number of imidazole rings is 1. The summed E-state index contributed by atoms with van der Waals surface area (Å²) in [4.78, 5) is 20.1. The van der Waals surface area contributed by atoms with Crippen LogP contribution < -0.4 is 5.32 Å². The summed E-state index contributed by atoms with van der Waals surface area (Å²) in [6.45, 7) is 5.44. The maximum absolute atomic E-state index is 11.8. The molecule has 0 radical (unpaired) electrons.